The first-order valence-corrected chi connectivity index (χ1v) is 8.15. The van der Waals surface area contributed by atoms with Crippen molar-refractivity contribution in [2.24, 2.45) is 0 Å². The number of nitrogens with zero attached hydrogens (tertiary/aromatic N) is 5. The van der Waals surface area contributed by atoms with E-state index in [2.05, 4.69) is 20.4 Å². The Morgan fingerprint density at radius 1 is 1.43 bits per heavy atom. The molecule has 1 amide bonds. The van der Waals surface area contributed by atoms with E-state index in [1.165, 1.54) is 11.3 Å². The van der Waals surface area contributed by atoms with E-state index in [1.807, 2.05) is 37.2 Å². The Morgan fingerprint density at radius 2 is 2.22 bits per heavy atom. The number of pyridine rings is 1. The molecule has 0 saturated heterocycles. The maximum atomic E-state index is 12.2. The molecule has 0 bridgehead atoms. The highest BCUT2D eigenvalue weighted by atomic mass is 32.1. The van der Waals surface area contributed by atoms with Crippen molar-refractivity contribution in [3.05, 3.63) is 47.5 Å². The van der Waals surface area contributed by atoms with Crippen molar-refractivity contribution < 1.29 is 4.79 Å². The van der Waals surface area contributed by atoms with Crippen LogP contribution < -0.4 is 5.32 Å². The second kappa shape index (κ2) is 6.84. The molecule has 7 nitrogen and oxygen atoms in total. The number of hydrogen-bond acceptors (Lipinski definition) is 6. The molecule has 3 rings (SSSR count). The molecular weight excluding hydrogens is 312 g/mol. The number of likely N-dealkylation sites (N-methyl/N-ethyl adjacent to an activating group) is 1. The van der Waals surface area contributed by atoms with Crippen molar-refractivity contribution in [1.29, 1.82) is 0 Å². The molecule has 1 atom stereocenters. The van der Waals surface area contributed by atoms with Crippen molar-refractivity contribution in [3.63, 3.8) is 0 Å². The fourth-order valence-corrected chi connectivity index (χ4v) is 2.94. The lowest BCUT2D eigenvalue weighted by atomic mass is 10.2. The topological polar surface area (TPSA) is 75.4 Å². The molecular formula is C15H18N6OS. The summed E-state index contributed by atoms with van der Waals surface area (Å²) in [5.74, 6) is -0.0293. The van der Waals surface area contributed by atoms with E-state index in [-0.39, 0.29) is 11.9 Å². The molecule has 0 unspecified atom stereocenters. The molecule has 23 heavy (non-hydrogen) atoms. The summed E-state index contributed by atoms with van der Waals surface area (Å²) in [7, 11) is 1.92. The van der Waals surface area contributed by atoms with Gasteiger partial charge in [0.1, 0.15) is 5.51 Å². The number of carbonyl (C=O) groups is 1. The summed E-state index contributed by atoms with van der Waals surface area (Å²) < 4.78 is 1.72. The standard InChI is InChI=1S/C15H18N6OS/c1-11(13-8-21-15(19-13)23-10-17-21)18-14(22)9-20(2)7-12-3-5-16-6-4-12/h3-6,8,10-11H,7,9H2,1-2H3,(H,18,22)/t11-/m1/s1. The Morgan fingerprint density at radius 3 is 2.96 bits per heavy atom. The molecule has 3 aromatic rings. The van der Waals surface area contributed by atoms with Crippen LogP contribution in [0.4, 0.5) is 0 Å². The number of aromatic nitrogens is 4. The molecule has 0 aromatic carbocycles. The number of nitrogens with one attached hydrogen (secondary N) is 1. The minimum Gasteiger partial charge on any atom is -0.347 e. The molecule has 0 spiro atoms. The third-order valence-electron chi connectivity index (χ3n) is 3.44. The van der Waals surface area contributed by atoms with E-state index >= 15 is 0 Å². The maximum Gasteiger partial charge on any atom is 0.234 e. The SMILES string of the molecule is C[C@@H](NC(=O)CN(C)Cc1ccncc1)c1cn2ncsc2n1. The van der Waals surface area contributed by atoms with Crippen molar-refractivity contribution in [2.45, 2.75) is 19.5 Å². The summed E-state index contributed by atoms with van der Waals surface area (Å²) >= 11 is 1.47. The van der Waals surface area contributed by atoms with Gasteiger partial charge in [-0.2, -0.15) is 5.10 Å². The molecule has 0 fully saturated rings. The Balaban J connectivity index is 1.53. The predicted molar refractivity (Wildman–Crippen MR) is 88.0 cm³/mol. The lowest BCUT2D eigenvalue weighted by molar-refractivity contribution is -0.122. The Labute approximate surface area is 138 Å². The van der Waals surface area contributed by atoms with Crippen molar-refractivity contribution in [3.8, 4) is 0 Å². The van der Waals surface area contributed by atoms with Crippen molar-refractivity contribution >= 4 is 22.2 Å². The molecule has 0 aliphatic rings. The molecule has 0 aliphatic carbocycles. The highest BCUT2D eigenvalue weighted by Crippen LogP contribution is 2.15. The Kier molecular flexibility index (Phi) is 4.63. The number of amides is 1. The number of hydrogen-bond donors (Lipinski definition) is 1. The molecule has 8 heteroatoms. The predicted octanol–water partition coefficient (Wildman–Crippen LogP) is 1.49. The van der Waals surface area contributed by atoms with Gasteiger partial charge < -0.3 is 5.32 Å². The van der Waals surface area contributed by atoms with Crippen LogP contribution in [0, 0.1) is 0 Å². The molecule has 120 valence electrons. The zero-order valence-corrected chi connectivity index (χ0v) is 13.8. The quantitative estimate of drug-likeness (QED) is 0.741. The van der Waals surface area contributed by atoms with Crippen LogP contribution in [0.5, 0.6) is 0 Å². The summed E-state index contributed by atoms with van der Waals surface area (Å²) in [5, 5.41) is 7.11. The first-order valence-electron chi connectivity index (χ1n) is 7.27. The minimum absolute atomic E-state index is 0.0293. The molecule has 0 saturated carbocycles. The number of rotatable bonds is 6. The summed E-state index contributed by atoms with van der Waals surface area (Å²) in [5.41, 5.74) is 3.68. The first-order chi connectivity index (χ1) is 11.1. The van der Waals surface area contributed by atoms with Crippen LogP contribution in [0.3, 0.4) is 0 Å². The van der Waals surface area contributed by atoms with Gasteiger partial charge in [-0.05, 0) is 31.7 Å². The average molecular weight is 330 g/mol. The van der Waals surface area contributed by atoms with E-state index in [0.717, 1.165) is 16.2 Å². The largest absolute Gasteiger partial charge is 0.347 e. The van der Waals surface area contributed by atoms with Crippen LogP contribution >= 0.6 is 11.3 Å². The van der Waals surface area contributed by atoms with Crippen LogP contribution in [0.2, 0.25) is 0 Å². The van der Waals surface area contributed by atoms with Gasteiger partial charge in [-0.1, -0.05) is 11.3 Å². The highest BCUT2D eigenvalue weighted by Gasteiger charge is 2.15. The highest BCUT2D eigenvalue weighted by molar-refractivity contribution is 7.14. The van der Waals surface area contributed by atoms with Gasteiger partial charge in [0.05, 0.1) is 24.5 Å². The fraction of sp³-hybridized carbons (Fsp3) is 0.333. The maximum absolute atomic E-state index is 12.2. The smallest absolute Gasteiger partial charge is 0.234 e. The van der Waals surface area contributed by atoms with Gasteiger partial charge in [0.25, 0.3) is 0 Å². The Hall–Kier alpha value is -2.32. The Bertz CT molecular complexity index is 755. The van der Waals surface area contributed by atoms with Gasteiger partial charge in [-0.3, -0.25) is 14.7 Å². The summed E-state index contributed by atoms with van der Waals surface area (Å²) in [4.78, 5) is 23.4. The van der Waals surface area contributed by atoms with Crippen molar-refractivity contribution in [2.75, 3.05) is 13.6 Å². The summed E-state index contributed by atoms with van der Waals surface area (Å²) in [6.07, 6.45) is 5.35. The van der Waals surface area contributed by atoms with Crippen LogP contribution in [-0.4, -0.2) is 44.0 Å². The van der Waals surface area contributed by atoms with Crippen LogP contribution in [0.25, 0.3) is 4.96 Å². The van der Waals surface area contributed by atoms with Gasteiger partial charge in [-0.15, -0.1) is 0 Å². The molecule has 3 aromatic heterocycles. The number of fused-ring (bicyclic) bond motifs is 1. The van der Waals surface area contributed by atoms with Crippen molar-refractivity contribution in [1.82, 2.24) is 29.8 Å². The molecule has 3 heterocycles. The van der Waals surface area contributed by atoms with Gasteiger partial charge in [0.2, 0.25) is 10.9 Å². The zero-order chi connectivity index (χ0) is 16.2. The third kappa shape index (κ3) is 3.91. The summed E-state index contributed by atoms with van der Waals surface area (Å²) in [6, 6.07) is 3.75. The van der Waals surface area contributed by atoms with E-state index in [0.29, 0.717) is 13.1 Å². The van der Waals surface area contributed by atoms with Gasteiger partial charge in [0.15, 0.2) is 0 Å². The van der Waals surface area contributed by atoms with Crippen LogP contribution in [-0.2, 0) is 11.3 Å². The van der Waals surface area contributed by atoms with Gasteiger partial charge >= 0.3 is 0 Å². The van der Waals surface area contributed by atoms with Gasteiger partial charge in [-0.25, -0.2) is 9.50 Å². The lowest BCUT2D eigenvalue weighted by Gasteiger charge is -2.18. The minimum atomic E-state index is -0.147. The van der Waals surface area contributed by atoms with Crippen LogP contribution in [0.1, 0.15) is 24.2 Å². The van der Waals surface area contributed by atoms with Crippen LogP contribution in [0.15, 0.2) is 36.2 Å². The average Bonchev–Trinajstić information content (AvgIpc) is 3.09. The molecule has 1 N–H and O–H groups in total. The fourth-order valence-electron chi connectivity index (χ4n) is 2.33. The van der Waals surface area contributed by atoms with E-state index < -0.39 is 0 Å². The molecule has 0 aliphatic heterocycles. The van der Waals surface area contributed by atoms with E-state index in [1.54, 1.807) is 22.4 Å². The number of imidazole rings is 1. The summed E-state index contributed by atoms with van der Waals surface area (Å²) in [6.45, 7) is 2.95. The normalized spacial score (nSPS) is 12.7. The van der Waals surface area contributed by atoms with E-state index in [9.17, 15) is 4.79 Å². The van der Waals surface area contributed by atoms with Gasteiger partial charge in [0, 0.05) is 18.9 Å². The second-order valence-electron chi connectivity index (χ2n) is 5.45. The lowest BCUT2D eigenvalue weighted by Crippen LogP contribution is -2.36. The second-order valence-corrected chi connectivity index (χ2v) is 6.26. The molecule has 0 radical (unpaired) electrons. The monoisotopic (exact) mass is 330 g/mol. The van der Waals surface area contributed by atoms with E-state index in [4.69, 9.17) is 0 Å². The third-order valence-corrected chi connectivity index (χ3v) is 4.13. The number of carbonyl (C=O) groups excluding carboxylic acids is 1. The zero-order valence-electron chi connectivity index (χ0n) is 13.0. The first kappa shape index (κ1) is 15.6.